The van der Waals surface area contributed by atoms with E-state index in [-0.39, 0.29) is 6.42 Å². The number of aliphatic carboxylic acids is 1. The summed E-state index contributed by atoms with van der Waals surface area (Å²) in [6.45, 7) is -0.530. The Hall–Kier alpha value is -2.01. The Balaban J connectivity index is 2.03. The molecule has 142 valence electrons. The zero-order chi connectivity index (χ0) is 19.0. The third kappa shape index (κ3) is 3.20. The van der Waals surface area contributed by atoms with Crippen molar-refractivity contribution < 1.29 is 35.1 Å². The molecule has 0 spiro atoms. The van der Waals surface area contributed by atoms with Gasteiger partial charge in [0.05, 0.1) is 12.1 Å². The van der Waals surface area contributed by atoms with Crippen molar-refractivity contribution in [2.24, 2.45) is 5.73 Å². The summed E-state index contributed by atoms with van der Waals surface area (Å²) in [6, 6.07) is 6.01. The van der Waals surface area contributed by atoms with E-state index in [1.54, 1.807) is 35.0 Å². The van der Waals surface area contributed by atoms with Crippen LogP contribution in [0.2, 0.25) is 0 Å². The van der Waals surface area contributed by atoms with Gasteiger partial charge in [0.25, 0.3) is 0 Å². The molecule has 3 rings (SSSR count). The van der Waals surface area contributed by atoms with Crippen LogP contribution in [0.1, 0.15) is 11.8 Å². The number of fused-ring (bicyclic) bond motifs is 1. The second-order valence-electron chi connectivity index (χ2n) is 6.45. The number of carboxylic acid groups (broad SMARTS) is 1. The van der Waals surface area contributed by atoms with Crippen LogP contribution in [0.15, 0.2) is 30.5 Å². The highest BCUT2D eigenvalue weighted by molar-refractivity contribution is 5.85. The molecular weight excluding hydrogens is 344 g/mol. The van der Waals surface area contributed by atoms with Gasteiger partial charge in [-0.3, -0.25) is 4.79 Å². The van der Waals surface area contributed by atoms with E-state index in [0.717, 1.165) is 5.39 Å². The van der Waals surface area contributed by atoms with Gasteiger partial charge in [0, 0.05) is 18.0 Å². The van der Waals surface area contributed by atoms with Crippen molar-refractivity contribution in [3.8, 4) is 0 Å². The van der Waals surface area contributed by atoms with Crippen molar-refractivity contribution in [2.45, 2.75) is 43.1 Å². The number of ether oxygens (including phenoxy) is 1. The summed E-state index contributed by atoms with van der Waals surface area (Å²) in [4.78, 5) is 11.1. The molecular formula is C17H22N2O7. The largest absolute Gasteiger partial charge is 0.480 e. The average Bonchev–Trinajstić information content (AvgIpc) is 2.98. The van der Waals surface area contributed by atoms with Crippen molar-refractivity contribution >= 4 is 16.9 Å². The molecule has 7 N–H and O–H groups in total. The number of nitrogens with two attached hydrogens (primary N) is 1. The lowest BCUT2D eigenvalue weighted by Crippen LogP contribution is -2.56. The van der Waals surface area contributed by atoms with Crippen molar-refractivity contribution in [1.82, 2.24) is 4.57 Å². The van der Waals surface area contributed by atoms with Crippen molar-refractivity contribution in [3.05, 3.63) is 36.0 Å². The molecule has 9 nitrogen and oxygen atoms in total. The smallest absolute Gasteiger partial charge is 0.320 e. The predicted octanol–water partition coefficient (Wildman–Crippen LogP) is -1.43. The van der Waals surface area contributed by atoms with E-state index < -0.39 is 49.3 Å². The Morgan fingerprint density at radius 2 is 1.88 bits per heavy atom. The first-order chi connectivity index (χ1) is 12.3. The molecule has 1 fully saturated rings. The zero-order valence-electron chi connectivity index (χ0n) is 13.8. The number of carbonyl (C=O) groups is 1. The van der Waals surface area contributed by atoms with Crippen LogP contribution in [0.5, 0.6) is 0 Å². The minimum Gasteiger partial charge on any atom is -0.480 e. The van der Waals surface area contributed by atoms with Gasteiger partial charge in [0.15, 0.2) is 6.23 Å². The minimum absolute atomic E-state index is 0.0697. The first-order valence-corrected chi connectivity index (χ1v) is 8.22. The van der Waals surface area contributed by atoms with Crippen LogP contribution in [0, 0.1) is 0 Å². The number of aliphatic hydroxyl groups is 4. The number of aromatic nitrogens is 1. The molecule has 1 aromatic heterocycles. The van der Waals surface area contributed by atoms with Gasteiger partial charge in [0.2, 0.25) is 0 Å². The number of hydrogen-bond acceptors (Lipinski definition) is 7. The molecule has 1 aliphatic heterocycles. The van der Waals surface area contributed by atoms with Crippen LogP contribution in [0.3, 0.4) is 0 Å². The second-order valence-corrected chi connectivity index (χ2v) is 6.45. The molecule has 0 saturated carbocycles. The molecule has 0 aliphatic carbocycles. The highest BCUT2D eigenvalue weighted by atomic mass is 16.6. The van der Waals surface area contributed by atoms with Crippen LogP contribution < -0.4 is 5.73 Å². The van der Waals surface area contributed by atoms with Crippen LogP contribution in [0.4, 0.5) is 0 Å². The van der Waals surface area contributed by atoms with E-state index in [2.05, 4.69) is 0 Å². The fraction of sp³-hybridized carbons (Fsp3) is 0.471. The number of benzene rings is 1. The Bertz CT molecular complexity index is 791. The quantitative estimate of drug-likeness (QED) is 0.376. The zero-order valence-corrected chi connectivity index (χ0v) is 13.8. The lowest BCUT2D eigenvalue weighted by atomic mass is 9.98. The Kier molecular flexibility index (Phi) is 5.28. The molecule has 1 saturated heterocycles. The third-order valence-electron chi connectivity index (χ3n) is 4.72. The summed E-state index contributed by atoms with van der Waals surface area (Å²) in [7, 11) is 0. The standard InChI is InChI=1S/C17H22N2O7/c18-10(17(24)25)5-8-6-19(11-4-2-1-3-9(8)11)16-15(23)14(22)13(21)12(7-20)26-16/h1-4,6,10,12-16,20-23H,5,7,18H2,(H,24,25)/t10-,12+,13+,14-,15-,16-/m0/s1. The summed E-state index contributed by atoms with van der Waals surface area (Å²) in [5.74, 6) is -1.13. The maximum Gasteiger partial charge on any atom is 0.320 e. The van der Waals surface area contributed by atoms with Crippen LogP contribution in [-0.4, -0.2) is 73.1 Å². The van der Waals surface area contributed by atoms with E-state index in [4.69, 9.17) is 15.6 Å². The van der Waals surface area contributed by atoms with E-state index in [0.29, 0.717) is 11.1 Å². The minimum atomic E-state index is -1.50. The topological polar surface area (TPSA) is 158 Å². The van der Waals surface area contributed by atoms with Crippen molar-refractivity contribution in [2.75, 3.05) is 6.61 Å². The van der Waals surface area contributed by atoms with Gasteiger partial charge in [0.1, 0.15) is 30.5 Å². The van der Waals surface area contributed by atoms with Gasteiger partial charge in [-0.1, -0.05) is 18.2 Å². The van der Waals surface area contributed by atoms with Gasteiger partial charge >= 0.3 is 5.97 Å². The number of carboxylic acids is 1. The maximum atomic E-state index is 11.1. The van der Waals surface area contributed by atoms with Crippen LogP contribution >= 0.6 is 0 Å². The van der Waals surface area contributed by atoms with E-state index in [1.807, 2.05) is 0 Å². The molecule has 0 bridgehead atoms. The summed E-state index contributed by atoms with van der Waals surface area (Å²) in [5.41, 5.74) is 6.93. The lowest BCUT2D eigenvalue weighted by Gasteiger charge is -2.40. The highest BCUT2D eigenvalue weighted by Crippen LogP contribution is 2.33. The summed E-state index contributed by atoms with van der Waals surface area (Å²) in [6.07, 6.45) is -4.82. The van der Waals surface area contributed by atoms with Crippen molar-refractivity contribution in [3.63, 3.8) is 0 Å². The molecule has 26 heavy (non-hydrogen) atoms. The average molecular weight is 366 g/mol. The molecule has 2 aromatic rings. The molecule has 0 unspecified atom stereocenters. The number of hydrogen-bond donors (Lipinski definition) is 6. The Labute approximate surface area is 148 Å². The lowest BCUT2D eigenvalue weighted by molar-refractivity contribution is -0.250. The molecule has 2 heterocycles. The fourth-order valence-electron chi connectivity index (χ4n) is 3.29. The molecule has 0 radical (unpaired) electrons. The van der Waals surface area contributed by atoms with Gasteiger partial charge < -0.3 is 40.6 Å². The van der Waals surface area contributed by atoms with Gasteiger partial charge in [-0.05, 0) is 11.6 Å². The number of rotatable bonds is 5. The first-order valence-electron chi connectivity index (χ1n) is 8.22. The molecule has 1 aromatic carbocycles. The van der Waals surface area contributed by atoms with E-state index in [9.17, 15) is 25.2 Å². The van der Waals surface area contributed by atoms with Gasteiger partial charge in [-0.25, -0.2) is 0 Å². The monoisotopic (exact) mass is 366 g/mol. The van der Waals surface area contributed by atoms with Crippen molar-refractivity contribution in [1.29, 1.82) is 0 Å². The summed E-state index contributed by atoms with van der Waals surface area (Å²) in [5, 5.41) is 49.5. The van der Waals surface area contributed by atoms with E-state index in [1.165, 1.54) is 0 Å². The van der Waals surface area contributed by atoms with E-state index >= 15 is 0 Å². The second kappa shape index (κ2) is 7.31. The normalized spacial score (nSPS) is 30.4. The number of para-hydroxylation sites is 1. The molecule has 9 heteroatoms. The van der Waals surface area contributed by atoms with Crippen LogP contribution in [0.25, 0.3) is 10.9 Å². The molecule has 1 aliphatic rings. The number of aliphatic hydroxyl groups excluding tert-OH is 4. The fourth-order valence-corrected chi connectivity index (χ4v) is 3.29. The Morgan fingerprint density at radius 1 is 1.19 bits per heavy atom. The summed E-state index contributed by atoms with van der Waals surface area (Å²) < 4.78 is 7.15. The molecule has 0 amide bonds. The number of nitrogens with zero attached hydrogens (tertiary/aromatic N) is 1. The van der Waals surface area contributed by atoms with Gasteiger partial charge in [-0.2, -0.15) is 0 Å². The van der Waals surface area contributed by atoms with Crippen LogP contribution in [-0.2, 0) is 16.0 Å². The SMILES string of the molecule is N[C@@H](Cc1cn([C@H]2O[C@H](CO)[C@@H](O)[C@H](O)[C@@H]2O)c2ccccc12)C(=O)O. The summed E-state index contributed by atoms with van der Waals surface area (Å²) >= 11 is 0. The maximum absolute atomic E-state index is 11.1. The molecule has 6 atom stereocenters. The van der Waals surface area contributed by atoms with Gasteiger partial charge in [-0.15, -0.1) is 0 Å². The first kappa shape index (κ1) is 18.8. The highest BCUT2D eigenvalue weighted by Gasteiger charge is 2.44. The Morgan fingerprint density at radius 3 is 2.54 bits per heavy atom. The predicted molar refractivity (Wildman–Crippen MR) is 90.3 cm³/mol. The third-order valence-corrected chi connectivity index (χ3v) is 4.72.